The van der Waals surface area contributed by atoms with Gasteiger partial charge in [-0.05, 0) is 38.0 Å². The van der Waals surface area contributed by atoms with Crippen LogP contribution in [0.4, 0.5) is 0 Å². The molecule has 0 aromatic heterocycles. The summed E-state index contributed by atoms with van der Waals surface area (Å²) in [6.45, 7) is 7.73. The highest BCUT2D eigenvalue weighted by molar-refractivity contribution is 14.0. The van der Waals surface area contributed by atoms with E-state index >= 15 is 0 Å². The Hall–Kier alpha value is -1.38. The van der Waals surface area contributed by atoms with E-state index in [9.17, 15) is 5.11 Å². The third-order valence-electron chi connectivity index (χ3n) is 4.18. The fourth-order valence-corrected chi connectivity index (χ4v) is 2.71. The predicted molar refractivity (Wildman–Crippen MR) is 123 cm³/mol. The lowest BCUT2D eigenvalue weighted by molar-refractivity contribution is 0.339. The number of rotatable bonds is 11. The number of hydrogen-bond acceptors (Lipinski definition) is 4. The second-order valence-electron chi connectivity index (χ2n) is 6.44. The van der Waals surface area contributed by atoms with Crippen molar-refractivity contribution in [2.45, 2.75) is 65.5 Å². The summed E-state index contributed by atoms with van der Waals surface area (Å²) in [6.07, 6.45) is 6.19. The minimum Gasteiger partial charge on any atom is -0.502 e. The maximum atomic E-state index is 10.0. The van der Waals surface area contributed by atoms with Gasteiger partial charge in [0.15, 0.2) is 17.5 Å². The average molecular weight is 493 g/mol. The standard InChI is InChI=1S/C20H35N3O3.HI/c1-6-8-9-10-11-15(3)23-20(21-7-2)22-14-16-12-17(25-4)19(24)18(13-16)26-5;/h12-13,15,24H,6-11,14H2,1-5H3,(H2,21,22,23);1H. The Bertz CT molecular complexity index is 542. The van der Waals surface area contributed by atoms with Crippen LogP contribution in [0.2, 0.25) is 0 Å². The van der Waals surface area contributed by atoms with Gasteiger partial charge in [-0.2, -0.15) is 0 Å². The maximum Gasteiger partial charge on any atom is 0.200 e. The summed E-state index contributed by atoms with van der Waals surface area (Å²) < 4.78 is 10.4. The molecule has 0 aliphatic carbocycles. The summed E-state index contributed by atoms with van der Waals surface area (Å²) in [5.74, 6) is 1.57. The molecule has 0 fully saturated rings. The number of ether oxygens (including phenoxy) is 2. The summed E-state index contributed by atoms with van der Waals surface area (Å²) in [7, 11) is 3.04. The van der Waals surface area contributed by atoms with Gasteiger partial charge >= 0.3 is 0 Å². The number of aliphatic imine (C=N–C) groups is 1. The van der Waals surface area contributed by atoms with Crippen molar-refractivity contribution >= 4 is 29.9 Å². The van der Waals surface area contributed by atoms with Gasteiger partial charge in [0.2, 0.25) is 5.75 Å². The number of benzene rings is 1. The van der Waals surface area contributed by atoms with Crippen LogP contribution in [0.25, 0.3) is 0 Å². The van der Waals surface area contributed by atoms with Gasteiger partial charge in [0, 0.05) is 12.6 Å². The summed E-state index contributed by atoms with van der Waals surface area (Å²) in [5, 5.41) is 16.7. The molecule has 1 unspecified atom stereocenters. The van der Waals surface area contributed by atoms with Crippen LogP contribution in [0, 0.1) is 0 Å². The van der Waals surface area contributed by atoms with Crippen molar-refractivity contribution in [3.63, 3.8) is 0 Å². The Morgan fingerprint density at radius 1 is 1.11 bits per heavy atom. The molecule has 0 spiro atoms. The van der Waals surface area contributed by atoms with Crippen LogP contribution < -0.4 is 20.1 Å². The molecule has 27 heavy (non-hydrogen) atoms. The van der Waals surface area contributed by atoms with Gasteiger partial charge in [0.05, 0.1) is 20.8 Å². The van der Waals surface area contributed by atoms with Gasteiger partial charge in [0.25, 0.3) is 0 Å². The number of hydrogen-bond donors (Lipinski definition) is 3. The monoisotopic (exact) mass is 493 g/mol. The minimum absolute atomic E-state index is 0. The summed E-state index contributed by atoms with van der Waals surface area (Å²) >= 11 is 0. The first-order chi connectivity index (χ1) is 12.5. The third-order valence-corrected chi connectivity index (χ3v) is 4.18. The minimum atomic E-state index is 0. The number of methoxy groups -OCH3 is 2. The lowest BCUT2D eigenvalue weighted by Crippen LogP contribution is -2.42. The van der Waals surface area contributed by atoms with E-state index in [2.05, 4.69) is 36.4 Å². The van der Waals surface area contributed by atoms with Crippen LogP contribution in [-0.2, 0) is 6.54 Å². The number of phenolic OH excluding ortho intramolecular Hbond substituents is 1. The van der Waals surface area contributed by atoms with Crippen molar-refractivity contribution in [1.82, 2.24) is 10.6 Å². The molecule has 0 aliphatic heterocycles. The molecule has 6 nitrogen and oxygen atoms in total. The molecule has 0 aliphatic rings. The molecule has 0 radical (unpaired) electrons. The van der Waals surface area contributed by atoms with E-state index < -0.39 is 0 Å². The Morgan fingerprint density at radius 3 is 2.26 bits per heavy atom. The fraction of sp³-hybridized carbons (Fsp3) is 0.650. The zero-order valence-corrected chi connectivity index (χ0v) is 19.6. The summed E-state index contributed by atoms with van der Waals surface area (Å²) in [4.78, 5) is 4.65. The van der Waals surface area contributed by atoms with Crippen LogP contribution in [0.5, 0.6) is 17.2 Å². The quantitative estimate of drug-likeness (QED) is 0.184. The van der Waals surface area contributed by atoms with Gasteiger partial charge in [-0.15, -0.1) is 24.0 Å². The Morgan fingerprint density at radius 2 is 1.74 bits per heavy atom. The smallest absolute Gasteiger partial charge is 0.200 e. The van der Waals surface area contributed by atoms with Crippen LogP contribution >= 0.6 is 24.0 Å². The molecule has 0 amide bonds. The van der Waals surface area contributed by atoms with E-state index in [0.717, 1.165) is 24.5 Å². The molecule has 0 heterocycles. The van der Waals surface area contributed by atoms with Crippen molar-refractivity contribution in [3.8, 4) is 17.2 Å². The first-order valence-corrected chi connectivity index (χ1v) is 9.54. The van der Waals surface area contributed by atoms with Crippen molar-refractivity contribution < 1.29 is 14.6 Å². The van der Waals surface area contributed by atoms with E-state index in [1.165, 1.54) is 39.9 Å². The van der Waals surface area contributed by atoms with Crippen LogP contribution in [-0.4, -0.2) is 37.9 Å². The van der Waals surface area contributed by atoms with Crippen LogP contribution in [0.3, 0.4) is 0 Å². The highest BCUT2D eigenvalue weighted by Gasteiger charge is 2.11. The number of unbranched alkanes of at least 4 members (excludes halogenated alkanes) is 3. The van der Waals surface area contributed by atoms with Crippen molar-refractivity contribution in [3.05, 3.63) is 17.7 Å². The number of guanidine groups is 1. The molecule has 1 aromatic carbocycles. The first-order valence-electron chi connectivity index (χ1n) is 9.54. The number of nitrogens with one attached hydrogen (secondary N) is 2. The number of aromatic hydroxyl groups is 1. The zero-order chi connectivity index (χ0) is 19.4. The Labute approximate surface area is 181 Å². The second-order valence-corrected chi connectivity index (χ2v) is 6.44. The van der Waals surface area contributed by atoms with E-state index in [1.54, 1.807) is 12.1 Å². The molecule has 3 N–H and O–H groups in total. The second kappa shape index (κ2) is 14.6. The molecule has 1 rings (SSSR count). The molecule has 1 atom stereocenters. The highest BCUT2D eigenvalue weighted by atomic mass is 127. The van der Waals surface area contributed by atoms with Crippen molar-refractivity contribution in [1.29, 1.82) is 0 Å². The molecular weight excluding hydrogens is 457 g/mol. The maximum absolute atomic E-state index is 10.0. The van der Waals surface area contributed by atoms with E-state index in [4.69, 9.17) is 9.47 Å². The van der Waals surface area contributed by atoms with Gasteiger partial charge in [-0.1, -0.05) is 32.6 Å². The normalized spacial score (nSPS) is 12.1. The number of phenols is 1. The topological polar surface area (TPSA) is 75.1 Å². The SMILES string of the molecule is CCCCCCC(C)NC(=NCc1cc(OC)c(O)c(OC)c1)NCC.I. The molecule has 0 bridgehead atoms. The molecule has 7 heteroatoms. The van der Waals surface area contributed by atoms with Gasteiger partial charge in [-0.3, -0.25) is 0 Å². The Kier molecular flexibility index (Phi) is 13.9. The zero-order valence-electron chi connectivity index (χ0n) is 17.3. The predicted octanol–water partition coefficient (Wildman–Crippen LogP) is 4.44. The van der Waals surface area contributed by atoms with Crippen molar-refractivity contribution in [2.24, 2.45) is 4.99 Å². The number of halogens is 1. The molecule has 1 aromatic rings. The van der Waals surface area contributed by atoms with Crippen LogP contribution in [0.15, 0.2) is 17.1 Å². The average Bonchev–Trinajstić information content (AvgIpc) is 2.64. The molecular formula is C20H36IN3O3. The third kappa shape index (κ3) is 9.39. The van der Waals surface area contributed by atoms with E-state index in [-0.39, 0.29) is 29.7 Å². The lowest BCUT2D eigenvalue weighted by atomic mass is 10.1. The lowest BCUT2D eigenvalue weighted by Gasteiger charge is -2.18. The first kappa shape index (κ1) is 25.6. The highest BCUT2D eigenvalue weighted by Crippen LogP contribution is 2.37. The molecule has 156 valence electrons. The van der Waals surface area contributed by atoms with Crippen molar-refractivity contribution in [2.75, 3.05) is 20.8 Å². The summed E-state index contributed by atoms with van der Waals surface area (Å²) in [5.41, 5.74) is 0.907. The van der Waals surface area contributed by atoms with Gasteiger partial charge in [0.1, 0.15) is 0 Å². The molecule has 0 saturated carbocycles. The van der Waals surface area contributed by atoms with E-state index in [1.807, 2.05) is 0 Å². The van der Waals surface area contributed by atoms with Gasteiger partial charge < -0.3 is 25.2 Å². The molecule has 0 saturated heterocycles. The fourth-order valence-electron chi connectivity index (χ4n) is 2.71. The van der Waals surface area contributed by atoms with E-state index in [0.29, 0.717) is 24.1 Å². The number of nitrogens with zero attached hydrogens (tertiary/aromatic N) is 1. The Balaban J connectivity index is 0.00000676. The van der Waals surface area contributed by atoms with Gasteiger partial charge in [-0.25, -0.2) is 4.99 Å². The largest absolute Gasteiger partial charge is 0.502 e. The summed E-state index contributed by atoms with van der Waals surface area (Å²) in [6, 6.07) is 3.92. The van der Waals surface area contributed by atoms with Crippen LogP contribution in [0.1, 0.15) is 58.4 Å².